The van der Waals surface area contributed by atoms with E-state index in [-0.39, 0.29) is 18.7 Å². The molecule has 0 aliphatic rings. The zero-order valence-corrected chi connectivity index (χ0v) is 17.7. The van der Waals surface area contributed by atoms with E-state index in [1.807, 2.05) is 18.2 Å². The van der Waals surface area contributed by atoms with Crippen molar-refractivity contribution in [2.24, 2.45) is 0 Å². The molecule has 158 valence electrons. The molecule has 0 saturated heterocycles. The van der Waals surface area contributed by atoms with Crippen LogP contribution in [0.1, 0.15) is 48.9 Å². The second kappa shape index (κ2) is 12.1. The number of hydrogen-bond acceptors (Lipinski definition) is 6. The van der Waals surface area contributed by atoms with E-state index in [0.29, 0.717) is 35.4 Å². The smallest absolute Gasteiger partial charge is 0.309 e. The van der Waals surface area contributed by atoms with Gasteiger partial charge in [0.25, 0.3) is 0 Å². The second-order valence-electron chi connectivity index (χ2n) is 6.65. The summed E-state index contributed by atoms with van der Waals surface area (Å²) in [5.74, 6) is 0.239. The van der Waals surface area contributed by atoms with Crippen LogP contribution in [0.15, 0.2) is 23.6 Å². The Morgan fingerprint density at radius 2 is 2.00 bits per heavy atom. The lowest BCUT2D eigenvalue weighted by molar-refractivity contribution is -0.136. The maximum absolute atomic E-state index is 12.1. The maximum Gasteiger partial charge on any atom is 0.309 e. The summed E-state index contributed by atoms with van der Waals surface area (Å²) in [5.41, 5.74) is 1.37. The molecule has 8 heteroatoms. The highest BCUT2D eigenvalue weighted by molar-refractivity contribution is 7.09. The first kappa shape index (κ1) is 22.7. The highest BCUT2D eigenvalue weighted by Gasteiger charge is 2.11. The summed E-state index contributed by atoms with van der Waals surface area (Å²) in [7, 11) is 1.60. The molecule has 0 spiro atoms. The Morgan fingerprint density at radius 3 is 2.72 bits per heavy atom. The highest BCUT2D eigenvalue weighted by Crippen LogP contribution is 2.28. The number of thiazole rings is 1. The van der Waals surface area contributed by atoms with Gasteiger partial charge in [-0.05, 0) is 24.1 Å². The molecule has 0 fully saturated rings. The lowest BCUT2D eigenvalue weighted by Gasteiger charge is -2.12. The summed E-state index contributed by atoms with van der Waals surface area (Å²) >= 11 is 1.29. The van der Waals surface area contributed by atoms with Crippen LogP contribution in [0, 0.1) is 0 Å². The van der Waals surface area contributed by atoms with Crippen molar-refractivity contribution in [2.45, 2.75) is 52.0 Å². The molecule has 0 radical (unpaired) electrons. The quantitative estimate of drug-likeness (QED) is 0.481. The molecule has 2 aromatic rings. The number of nitrogens with zero attached hydrogens (tertiary/aromatic N) is 1. The number of methoxy groups -OCH3 is 1. The van der Waals surface area contributed by atoms with Gasteiger partial charge in [0.15, 0.2) is 11.5 Å². The summed E-state index contributed by atoms with van der Waals surface area (Å²) in [4.78, 5) is 27.0. The van der Waals surface area contributed by atoms with Crippen LogP contribution in [0.5, 0.6) is 11.5 Å². The van der Waals surface area contributed by atoms with E-state index in [2.05, 4.69) is 17.2 Å². The highest BCUT2D eigenvalue weighted by atomic mass is 32.1. The Balaban J connectivity index is 1.82. The van der Waals surface area contributed by atoms with Gasteiger partial charge < -0.3 is 19.9 Å². The number of carboxylic acids is 1. The predicted molar refractivity (Wildman–Crippen MR) is 112 cm³/mol. The molecule has 2 rings (SSSR count). The van der Waals surface area contributed by atoms with Gasteiger partial charge in [0, 0.05) is 11.9 Å². The third-order valence-electron chi connectivity index (χ3n) is 4.22. The molecule has 29 heavy (non-hydrogen) atoms. The van der Waals surface area contributed by atoms with E-state index in [4.69, 9.17) is 14.6 Å². The fourth-order valence-electron chi connectivity index (χ4n) is 2.72. The number of carboxylic acid groups (broad SMARTS) is 1. The Labute approximate surface area is 175 Å². The van der Waals surface area contributed by atoms with E-state index in [9.17, 15) is 9.59 Å². The lowest BCUT2D eigenvalue weighted by atomic mass is 10.2. The molecular weight excluding hydrogens is 392 g/mol. The molecular formula is C21H28N2O5S. The van der Waals surface area contributed by atoms with Gasteiger partial charge in [0.2, 0.25) is 5.91 Å². The van der Waals surface area contributed by atoms with Crippen molar-refractivity contribution in [3.63, 3.8) is 0 Å². The van der Waals surface area contributed by atoms with Crippen molar-refractivity contribution in [3.05, 3.63) is 39.8 Å². The van der Waals surface area contributed by atoms with Gasteiger partial charge in [0.1, 0.15) is 5.01 Å². The van der Waals surface area contributed by atoms with Crippen LogP contribution in [0.25, 0.3) is 0 Å². The molecule has 0 aliphatic heterocycles. The predicted octanol–water partition coefficient (Wildman–Crippen LogP) is 3.60. The van der Waals surface area contributed by atoms with Crippen molar-refractivity contribution < 1.29 is 24.2 Å². The minimum atomic E-state index is -0.936. The van der Waals surface area contributed by atoms with E-state index in [1.165, 1.54) is 24.2 Å². The zero-order chi connectivity index (χ0) is 21.1. The molecule has 2 N–H and O–H groups in total. The lowest BCUT2D eigenvalue weighted by Crippen LogP contribution is -2.24. The van der Waals surface area contributed by atoms with Crippen molar-refractivity contribution in [3.8, 4) is 11.5 Å². The number of ether oxygens (including phenoxy) is 2. The molecule has 1 amide bonds. The van der Waals surface area contributed by atoms with Gasteiger partial charge in [-0.25, -0.2) is 4.98 Å². The van der Waals surface area contributed by atoms with Crippen molar-refractivity contribution in [1.29, 1.82) is 0 Å². The van der Waals surface area contributed by atoms with E-state index >= 15 is 0 Å². The van der Waals surface area contributed by atoms with Gasteiger partial charge in [-0.3, -0.25) is 9.59 Å². The first-order chi connectivity index (χ1) is 14.0. The van der Waals surface area contributed by atoms with Crippen molar-refractivity contribution in [2.75, 3.05) is 13.7 Å². The van der Waals surface area contributed by atoms with Gasteiger partial charge in [-0.15, -0.1) is 11.3 Å². The normalized spacial score (nSPS) is 10.6. The molecule has 0 unspecified atom stereocenters. The number of hydrogen-bond donors (Lipinski definition) is 2. The van der Waals surface area contributed by atoms with Crippen LogP contribution in [0.4, 0.5) is 0 Å². The minimum Gasteiger partial charge on any atom is -0.493 e. The van der Waals surface area contributed by atoms with Gasteiger partial charge in [-0.1, -0.05) is 32.3 Å². The number of aromatic nitrogens is 1. The topological polar surface area (TPSA) is 97.8 Å². The van der Waals surface area contributed by atoms with E-state index in [0.717, 1.165) is 18.4 Å². The first-order valence-corrected chi connectivity index (χ1v) is 10.6. The van der Waals surface area contributed by atoms with E-state index < -0.39 is 5.97 Å². The largest absolute Gasteiger partial charge is 0.493 e. The number of carbonyl (C=O) groups excluding carboxylic acids is 1. The van der Waals surface area contributed by atoms with Crippen LogP contribution >= 0.6 is 11.3 Å². The summed E-state index contributed by atoms with van der Waals surface area (Å²) in [6.45, 7) is 3.19. The Hall–Kier alpha value is -2.61. The van der Waals surface area contributed by atoms with E-state index in [1.54, 1.807) is 12.5 Å². The Morgan fingerprint density at radius 1 is 1.17 bits per heavy atom. The number of rotatable bonds is 13. The summed E-state index contributed by atoms with van der Waals surface area (Å²) < 4.78 is 11.2. The van der Waals surface area contributed by atoms with Crippen LogP contribution in [0.3, 0.4) is 0 Å². The molecule has 1 aromatic carbocycles. The van der Waals surface area contributed by atoms with Crippen LogP contribution in [-0.4, -0.2) is 35.7 Å². The average molecular weight is 421 g/mol. The fourth-order valence-corrected chi connectivity index (χ4v) is 3.51. The Kier molecular flexibility index (Phi) is 9.43. The number of amides is 1. The molecule has 1 heterocycles. The Bertz CT molecular complexity index is 806. The first-order valence-electron chi connectivity index (χ1n) is 9.73. The molecule has 0 saturated carbocycles. The standard InChI is InChI=1S/C21H28N2O5S/c1-3-4-5-6-9-28-17-8-7-15(10-18(17)27-2)13-22-19(24)12-20-23-16(14-29-20)11-21(25)26/h7-8,10,14H,3-6,9,11-13H2,1-2H3,(H,22,24)(H,25,26). The van der Waals surface area contributed by atoms with Crippen molar-refractivity contribution >= 4 is 23.2 Å². The number of benzene rings is 1. The summed E-state index contributed by atoms with van der Waals surface area (Å²) in [5, 5.41) is 13.9. The third-order valence-corrected chi connectivity index (χ3v) is 5.11. The second-order valence-corrected chi connectivity index (χ2v) is 7.59. The summed E-state index contributed by atoms with van der Waals surface area (Å²) in [6, 6.07) is 5.62. The molecule has 0 bridgehead atoms. The molecule has 0 aliphatic carbocycles. The molecule has 1 aromatic heterocycles. The third kappa shape index (κ3) is 8.11. The molecule has 0 atom stereocenters. The number of nitrogens with one attached hydrogen (secondary N) is 1. The number of aliphatic carboxylic acids is 1. The van der Waals surface area contributed by atoms with Crippen LogP contribution < -0.4 is 14.8 Å². The monoisotopic (exact) mass is 420 g/mol. The summed E-state index contributed by atoms with van der Waals surface area (Å²) in [6.07, 6.45) is 4.56. The van der Waals surface area contributed by atoms with Crippen LogP contribution in [0.2, 0.25) is 0 Å². The number of unbranched alkanes of at least 4 members (excludes halogenated alkanes) is 3. The van der Waals surface area contributed by atoms with Gasteiger partial charge >= 0.3 is 5.97 Å². The number of carbonyl (C=O) groups is 2. The minimum absolute atomic E-state index is 0.125. The van der Waals surface area contributed by atoms with Gasteiger partial charge in [0.05, 0.1) is 32.3 Å². The SMILES string of the molecule is CCCCCCOc1ccc(CNC(=O)Cc2nc(CC(=O)O)cs2)cc1OC. The van der Waals surface area contributed by atoms with Gasteiger partial charge in [-0.2, -0.15) is 0 Å². The fraction of sp³-hybridized carbons (Fsp3) is 0.476. The van der Waals surface area contributed by atoms with Crippen LogP contribution in [-0.2, 0) is 29.0 Å². The maximum atomic E-state index is 12.1. The van der Waals surface area contributed by atoms with Crippen molar-refractivity contribution in [1.82, 2.24) is 10.3 Å². The molecule has 7 nitrogen and oxygen atoms in total. The average Bonchev–Trinajstić information content (AvgIpc) is 3.12. The zero-order valence-electron chi connectivity index (χ0n) is 16.9.